The SMILES string of the molecule is Cc1cccc(-c2nc(C)sc2-c2ccnc(NC(=O)Cc3ccccc3)c2)c1. The number of anilines is 1. The van der Waals surface area contributed by atoms with Crippen LogP contribution in [0.2, 0.25) is 0 Å². The molecule has 2 heterocycles. The molecule has 0 fully saturated rings. The first kappa shape index (κ1) is 19.0. The van der Waals surface area contributed by atoms with Gasteiger partial charge in [-0.2, -0.15) is 0 Å². The quantitative estimate of drug-likeness (QED) is 0.470. The number of hydrogen-bond acceptors (Lipinski definition) is 4. The molecular weight excluding hydrogens is 378 g/mol. The lowest BCUT2D eigenvalue weighted by molar-refractivity contribution is -0.115. The molecule has 5 heteroatoms. The van der Waals surface area contributed by atoms with E-state index in [4.69, 9.17) is 4.98 Å². The maximum atomic E-state index is 12.4. The van der Waals surface area contributed by atoms with Crippen molar-refractivity contribution in [3.63, 3.8) is 0 Å². The molecule has 0 bridgehead atoms. The van der Waals surface area contributed by atoms with E-state index in [-0.39, 0.29) is 5.91 Å². The third-order valence-corrected chi connectivity index (χ3v) is 5.54. The number of hydrogen-bond donors (Lipinski definition) is 1. The van der Waals surface area contributed by atoms with Crippen LogP contribution in [0.1, 0.15) is 16.1 Å². The largest absolute Gasteiger partial charge is 0.310 e. The molecule has 4 aromatic rings. The minimum Gasteiger partial charge on any atom is -0.310 e. The number of thiazole rings is 1. The summed E-state index contributed by atoms with van der Waals surface area (Å²) in [7, 11) is 0. The zero-order chi connectivity index (χ0) is 20.2. The minimum absolute atomic E-state index is 0.0831. The highest BCUT2D eigenvalue weighted by molar-refractivity contribution is 7.15. The van der Waals surface area contributed by atoms with E-state index in [1.54, 1.807) is 17.5 Å². The van der Waals surface area contributed by atoms with Crippen LogP contribution in [0.4, 0.5) is 5.82 Å². The number of amides is 1. The minimum atomic E-state index is -0.0831. The van der Waals surface area contributed by atoms with Crippen LogP contribution in [0.25, 0.3) is 21.7 Å². The lowest BCUT2D eigenvalue weighted by Crippen LogP contribution is -2.15. The zero-order valence-corrected chi connectivity index (χ0v) is 17.2. The van der Waals surface area contributed by atoms with Gasteiger partial charge < -0.3 is 5.32 Å². The molecule has 0 saturated heterocycles. The van der Waals surface area contributed by atoms with Gasteiger partial charge in [0.2, 0.25) is 5.91 Å². The van der Waals surface area contributed by atoms with E-state index < -0.39 is 0 Å². The Balaban J connectivity index is 1.60. The Labute approximate surface area is 174 Å². The number of aryl methyl sites for hydroxylation is 2. The van der Waals surface area contributed by atoms with E-state index in [1.165, 1.54) is 5.56 Å². The van der Waals surface area contributed by atoms with Gasteiger partial charge in [-0.15, -0.1) is 11.3 Å². The van der Waals surface area contributed by atoms with Crippen molar-refractivity contribution in [2.45, 2.75) is 20.3 Å². The maximum absolute atomic E-state index is 12.4. The maximum Gasteiger partial charge on any atom is 0.229 e. The summed E-state index contributed by atoms with van der Waals surface area (Å²) in [5, 5.41) is 3.91. The molecule has 4 rings (SSSR count). The van der Waals surface area contributed by atoms with Gasteiger partial charge in [0, 0.05) is 11.8 Å². The lowest BCUT2D eigenvalue weighted by Gasteiger charge is -2.08. The fraction of sp³-hybridized carbons (Fsp3) is 0.125. The third-order valence-electron chi connectivity index (χ3n) is 4.52. The van der Waals surface area contributed by atoms with Gasteiger partial charge in [0.1, 0.15) is 5.82 Å². The molecule has 1 N–H and O–H groups in total. The van der Waals surface area contributed by atoms with Crippen molar-refractivity contribution in [2.24, 2.45) is 0 Å². The Morgan fingerprint density at radius 1 is 0.966 bits per heavy atom. The number of pyridine rings is 1. The molecule has 0 unspecified atom stereocenters. The number of carbonyl (C=O) groups is 1. The highest BCUT2D eigenvalue weighted by Gasteiger charge is 2.15. The smallest absolute Gasteiger partial charge is 0.229 e. The van der Waals surface area contributed by atoms with Crippen molar-refractivity contribution in [1.82, 2.24) is 9.97 Å². The zero-order valence-electron chi connectivity index (χ0n) is 16.3. The summed E-state index contributed by atoms with van der Waals surface area (Å²) in [5.74, 6) is 0.463. The molecule has 0 saturated carbocycles. The van der Waals surface area contributed by atoms with E-state index in [1.807, 2.05) is 55.5 Å². The van der Waals surface area contributed by atoms with Crippen LogP contribution in [0.5, 0.6) is 0 Å². The van der Waals surface area contributed by atoms with Gasteiger partial charge in [-0.3, -0.25) is 4.79 Å². The van der Waals surface area contributed by atoms with Crippen molar-refractivity contribution >= 4 is 23.1 Å². The fourth-order valence-electron chi connectivity index (χ4n) is 3.22. The molecule has 1 amide bonds. The standard InChI is InChI=1S/C24H21N3OS/c1-16-7-6-10-19(13-16)23-24(29-17(2)26-23)20-11-12-25-21(15-20)27-22(28)14-18-8-4-3-5-9-18/h3-13,15H,14H2,1-2H3,(H,25,27,28). The molecule has 0 aliphatic carbocycles. The van der Waals surface area contributed by atoms with Crippen molar-refractivity contribution in [3.05, 3.63) is 89.1 Å². The van der Waals surface area contributed by atoms with Crippen molar-refractivity contribution in [1.29, 1.82) is 0 Å². The second kappa shape index (κ2) is 8.37. The average molecular weight is 400 g/mol. The van der Waals surface area contributed by atoms with Crippen LogP contribution >= 0.6 is 11.3 Å². The number of rotatable bonds is 5. The Hall–Kier alpha value is -3.31. The Bertz CT molecular complexity index is 1150. The summed E-state index contributed by atoms with van der Waals surface area (Å²) in [6.45, 7) is 4.09. The summed E-state index contributed by atoms with van der Waals surface area (Å²) in [6, 6.07) is 21.9. The van der Waals surface area contributed by atoms with Crippen molar-refractivity contribution in [3.8, 4) is 21.7 Å². The number of nitrogens with one attached hydrogen (secondary N) is 1. The number of nitrogens with zero attached hydrogens (tertiary/aromatic N) is 2. The molecule has 0 aliphatic rings. The van der Waals surface area contributed by atoms with Crippen LogP contribution in [-0.2, 0) is 11.2 Å². The van der Waals surface area contributed by atoms with Gasteiger partial charge in [0.15, 0.2) is 0 Å². The first-order valence-electron chi connectivity index (χ1n) is 9.43. The van der Waals surface area contributed by atoms with Gasteiger partial charge in [0.05, 0.1) is 22.0 Å². The molecule has 0 radical (unpaired) electrons. The monoisotopic (exact) mass is 399 g/mol. The molecule has 0 atom stereocenters. The van der Waals surface area contributed by atoms with Crippen LogP contribution < -0.4 is 5.32 Å². The summed E-state index contributed by atoms with van der Waals surface area (Å²) in [6.07, 6.45) is 2.05. The molecule has 144 valence electrons. The number of carbonyl (C=O) groups excluding carboxylic acids is 1. The number of benzene rings is 2. The van der Waals surface area contributed by atoms with E-state index in [0.717, 1.165) is 32.3 Å². The van der Waals surface area contributed by atoms with Crippen molar-refractivity contribution < 1.29 is 4.79 Å². The molecule has 29 heavy (non-hydrogen) atoms. The van der Waals surface area contributed by atoms with E-state index in [9.17, 15) is 4.79 Å². The first-order chi connectivity index (χ1) is 14.1. The number of aromatic nitrogens is 2. The molecule has 0 aliphatic heterocycles. The van der Waals surface area contributed by atoms with Crippen LogP contribution in [0.3, 0.4) is 0 Å². The first-order valence-corrected chi connectivity index (χ1v) is 10.2. The fourth-order valence-corrected chi connectivity index (χ4v) is 4.16. The Morgan fingerprint density at radius 3 is 2.59 bits per heavy atom. The second-order valence-corrected chi connectivity index (χ2v) is 8.12. The van der Waals surface area contributed by atoms with Gasteiger partial charge in [0.25, 0.3) is 0 Å². The lowest BCUT2D eigenvalue weighted by atomic mass is 10.1. The highest BCUT2D eigenvalue weighted by Crippen LogP contribution is 2.37. The Kier molecular flexibility index (Phi) is 5.49. The summed E-state index contributed by atoms with van der Waals surface area (Å²) >= 11 is 1.65. The summed E-state index contributed by atoms with van der Waals surface area (Å²) in [4.78, 5) is 22.6. The second-order valence-electron chi connectivity index (χ2n) is 6.92. The van der Waals surface area contributed by atoms with Gasteiger partial charge in [-0.1, -0.05) is 54.1 Å². The average Bonchev–Trinajstić information content (AvgIpc) is 3.11. The van der Waals surface area contributed by atoms with Crippen LogP contribution in [-0.4, -0.2) is 15.9 Å². The van der Waals surface area contributed by atoms with E-state index >= 15 is 0 Å². The van der Waals surface area contributed by atoms with Gasteiger partial charge >= 0.3 is 0 Å². The van der Waals surface area contributed by atoms with E-state index in [0.29, 0.717) is 12.2 Å². The molecule has 2 aromatic heterocycles. The van der Waals surface area contributed by atoms with Crippen LogP contribution in [0, 0.1) is 13.8 Å². The van der Waals surface area contributed by atoms with E-state index in [2.05, 4.69) is 35.4 Å². The van der Waals surface area contributed by atoms with Gasteiger partial charge in [-0.05, 0) is 43.2 Å². The Morgan fingerprint density at radius 2 is 1.79 bits per heavy atom. The molecule has 4 nitrogen and oxygen atoms in total. The molecule has 0 spiro atoms. The summed E-state index contributed by atoms with van der Waals surface area (Å²) < 4.78 is 0. The normalized spacial score (nSPS) is 10.7. The third kappa shape index (κ3) is 4.58. The predicted molar refractivity (Wildman–Crippen MR) is 119 cm³/mol. The predicted octanol–water partition coefficient (Wildman–Crippen LogP) is 5.67. The van der Waals surface area contributed by atoms with Crippen LogP contribution in [0.15, 0.2) is 72.9 Å². The summed E-state index contributed by atoms with van der Waals surface area (Å²) in [5.41, 5.74) is 5.22. The molecular formula is C24H21N3OS. The highest BCUT2D eigenvalue weighted by atomic mass is 32.1. The molecule has 2 aromatic carbocycles. The van der Waals surface area contributed by atoms with Crippen molar-refractivity contribution in [2.75, 3.05) is 5.32 Å². The topological polar surface area (TPSA) is 54.9 Å². The van der Waals surface area contributed by atoms with Gasteiger partial charge in [-0.25, -0.2) is 9.97 Å².